The van der Waals surface area contributed by atoms with E-state index in [0.29, 0.717) is 18.4 Å². The fourth-order valence-corrected chi connectivity index (χ4v) is 1.88. The standard InChI is InChI=1S/C14H12O4/c15-13(16)11-5-1-9(2-6-11)10-3-7-12(8-4-10)14(17)18/h1-3,5-7H,4,8H2,(H,15,16)(H,17,18). The molecule has 0 heterocycles. The van der Waals surface area contributed by atoms with Gasteiger partial charge in [-0.3, -0.25) is 0 Å². The molecule has 0 radical (unpaired) electrons. The van der Waals surface area contributed by atoms with Crippen LogP contribution in [0.1, 0.15) is 28.8 Å². The molecule has 2 N–H and O–H groups in total. The van der Waals surface area contributed by atoms with Crippen molar-refractivity contribution in [3.8, 4) is 0 Å². The maximum absolute atomic E-state index is 10.8. The second-order valence-corrected chi connectivity index (χ2v) is 4.07. The molecule has 0 spiro atoms. The normalized spacial score (nSPS) is 14.7. The van der Waals surface area contributed by atoms with Gasteiger partial charge in [0.15, 0.2) is 0 Å². The largest absolute Gasteiger partial charge is 0.478 e. The topological polar surface area (TPSA) is 74.6 Å². The molecule has 0 aromatic heterocycles. The van der Waals surface area contributed by atoms with Crippen LogP contribution in [0, 0.1) is 0 Å². The summed E-state index contributed by atoms with van der Waals surface area (Å²) < 4.78 is 0. The molecule has 0 atom stereocenters. The molecular formula is C14H12O4. The number of aromatic carboxylic acids is 1. The van der Waals surface area contributed by atoms with Crippen molar-refractivity contribution in [1.82, 2.24) is 0 Å². The van der Waals surface area contributed by atoms with Crippen LogP contribution >= 0.6 is 0 Å². The number of carbonyl (C=O) groups is 2. The summed E-state index contributed by atoms with van der Waals surface area (Å²) in [5, 5.41) is 17.6. The highest BCUT2D eigenvalue weighted by molar-refractivity contribution is 5.90. The van der Waals surface area contributed by atoms with Gasteiger partial charge in [-0.1, -0.05) is 24.3 Å². The number of rotatable bonds is 3. The van der Waals surface area contributed by atoms with E-state index in [1.165, 1.54) is 0 Å². The molecule has 0 fully saturated rings. The van der Waals surface area contributed by atoms with E-state index >= 15 is 0 Å². The number of allylic oxidation sites excluding steroid dienone is 3. The molecule has 0 bridgehead atoms. The zero-order valence-electron chi connectivity index (χ0n) is 9.59. The lowest BCUT2D eigenvalue weighted by molar-refractivity contribution is -0.132. The highest BCUT2D eigenvalue weighted by Gasteiger charge is 2.13. The van der Waals surface area contributed by atoms with E-state index in [4.69, 9.17) is 10.2 Å². The van der Waals surface area contributed by atoms with E-state index in [1.54, 1.807) is 36.4 Å². The average Bonchev–Trinajstić information content (AvgIpc) is 2.39. The van der Waals surface area contributed by atoms with Crippen LogP contribution in [-0.2, 0) is 4.79 Å². The molecule has 92 valence electrons. The summed E-state index contributed by atoms with van der Waals surface area (Å²) in [4.78, 5) is 21.5. The first kappa shape index (κ1) is 12.1. The predicted molar refractivity (Wildman–Crippen MR) is 66.3 cm³/mol. The average molecular weight is 244 g/mol. The third-order valence-corrected chi connectivity index (χ3v) is 2.93. The van der Waals surface area contributed by atoms with Crippen LogP contribution in [0.5, 0.6) is 0 Å². The van der Waals surface area contributed by atoms with E-state index in [1.807, 2.05) is 0 Å². The highest BCUT2D eigenvalue weighted by atomic mass is 16.4. The van der Waals surface area contributed by atoms with Gasteiger partial charge in [-0.25, -0.2) is 9.59 Å². The van der Waals surface area contributed by atoms with E-state index in [-0.39, 0.29) is 5.56 Å². The van der Waals surface area contributed by atoms with Crippen LogP contribution in [0.3, 0.4) is 0 Å². The Morgan fingerprint density at radius 2 is 1.56 bits per heavy atom. The molecule has 4 heteroatoms. The van der Waals surface area contributed by atoms with Gasteiger partial charge in [0.25, 0.3) is 0 Å². The van der Waals surface area contributed by atoms with E-state index in [2.05, 4.69) is 0 Å². The van der Waals surface area contributed by atoms with Crippen molar-refractivity contribution < 1.29 is 19.8 Å². The third-order valence-electron chi connectivity index (χ3n) is 2.93. The highest BCUT2D eigenvalue weighted by Crippen LogP contribution is 2.26. The van der Waals surface area contributed by atoms with Crippen molar-refractivity contribution in [3.05, 3.63) is 53.1 Å². The van der Waals surface area contributed by atoms with E-state index in [9.17, 15) is 9.59 Å². The second kappa shape index (κ2) is 4.87. The Morgan fingerprint density at radius 1 is 0.889 bits per heavy atom. The fourth-order valence-electron chi connectivity index (χ4n) is 1.88. The number of hydrogen-bond acceptors (Lipinski definition) is 2. The molecule has 1 aliphatic carbocycles. The van der Waals surface area contributed by atoms with Crippen LogP contribution in [-0.4, -0.2) is 22.2 Å². The third kappa shape index (κ3) is 2.48. The Kier molecular flexibility index (Phi) is 3.28. The zero-order chi connectivity index (χ0) is 13.1. The van der Waals surface area contributed by atoms with Gasteiger partial charge in [-0.05, 0) is 36.1 Å². The Labute approximate surface area is 104 Å². The van der Waals surface area contributed by atoms with Crippen LogP contribution in [0.15, 0.2) is 42.0 Å². The number of carboxylic acid groups (broad SMARTS) is 2. The van der Waals surface area contributed by atoms with Gasteiger partial charge in [-0.15, -0.1) is 0 Å². The van der Waals surface area contributed by atoms with Crippen molar-refractivity contribution in [2.24, 2.45) is 0 Å². The molecular weight excluding hydrogens is 232 g/mol. The maximum atomic E-state index is 10.8. The second-order valence-electron chi connectivity index (χ2n) is 4.07. The smallest absolute Gasteiger partial charge is 0.335 e. The SMILES string of the molecule is O=C(O)C1=CC=C(c2ccc(C(=O)O)cc2)CC1. The Balaban J connectivity index is 2.23. The van der Waals surface area contributed by atoms with Crippen molar-refractivity contribution >= 4 is 17.5 Å². The van der Waals surface area contributed by atoms with Crippen LogP contribution in [0.25, 0.3) is 5.57 Å². The van der Waals surface area contributed by atoms with Crippen LogP contribution in [0.4, 0.5) is 0 Å². The van der Waals surface area contributed by atoms with Crippen molar-refractivity contribution in [2.45, 2.75) is 12.8 Å². The summed E-state index contributed by atoms with van der Waals surface area (Å²) in [7, 11) is 0. The van der Waals surface area contributed by atoms with Gasteiger partial charge in [-0.2, -0.15) is 0 Å². The molecule has 1 aromatic rings. The quantitative estimate of drug-likeness (QED) is 0.856. The van der Waals surface area contributed by atoms with Crippen molar-refractivity contribution in [1.29, 1.82) is 0 Å². The number of carboxylic acids is 2. The molecule has 4 nitrogen and oxygen atoms in total. The van der Waals surface area contributed by atoms with Gasteiger partial charge in [0.05, 0.1) is 5.56 Å². The monoisotopic (exact) mass is 244 g/mol. The van der Waals surface area contributed by atoms with Gasteiger partial charge in [0.2, 0.25) is 0 Å². The molecule has 0 amide bonds. The molecule has 0 saturated carbocycles. The summed E-state index contributed by atoms with van der Waals surface area (Å²) in [6.45, 7) is 0. The minimum absolute atomic E-state index is 0.247. The van der Waals surface area contributed by atoms with Crippen LogP contribution in [0.2, 0.25) is 0 Å². The molecule has 1 aromatic carbocycles. The molecule has 0 aliphatic heterocycles. The first-order chi connectivity index (χ1) is 8.58. The first-order valence-corrected chi connectivity index (χ1v) is 5.54. The van der Waals surface area contributed by atoms with Gasteiger partial charge < -0.3 is 10.2 Å². The molecule has 2 rings (SSSR count). The number of benzene rings is 1. The predicted octanol–water partition coefficient (Wildman–Crippen LogP) is 2.57. The fraction of sp³-hybridized carbons (Fsp3) is 0.143. The summed E-state index contributed by atoms with van der Waals surface area (Å²) >= 11 is 0. The summed E-state index contributed by atoms with van der Waals surface area (Å²) in [5.74, 6) is -1.83. The summed E-state index contributed by atoms with van der Waals surface area (Å²) in [6.07, 6.45) is 4.54. The Hall–Kier alpha value is -2.36. The minimum Gasteiger partial charge on any atom is -0.478 e. The number of hydrogen-bond donors (Lipinski definition) is 2. The minimum atomic E-state index is -0.952. The van der Waals surface area contributed by atoms with E-state index < -0.39 is 11.9 Å². The Bertz CT molecular complexity index is 550. The molecule has 18 heavy (non-hydrogen) atoms. The lowest BCUT2D eigenvalue weighted by Crippen LogP contribution is -2.04. The lowest BCUT2D eigenvalue weighted by atomic mass is 9.93. The molecule has 0 saturated heterocycles. The number of aliphatic carboxylic acids is 1. The van der Waals surface area contributed by atoms with Gasteiger partial charge >= 0.3 is 11.9 Å². The molecule has 1 aliphatic rings. The van der Waals surface area contributed by atoms with Gasteiger partial charge in [0.1, 0.15) is 0 Å². The summed E-state index contributed by atoms with van der Waals surface area (Å²) in [6, 6.07) is 6.59. The maximum Gasteiger partial charge on any atom is 0.335 e. The van der Waals surface area contributed by atoms with Crippen molar-refractivity contribution in [2.75, 3.05) is 0 Å². The molecule has 0 unspecified atom stereocenters. The lowest BCUT2D eigenvalue weighted by Gasteiger charge is -2.12. The van der Waals surface area contributed by atoms with E-state index in [0.717, 1.165) is 11.1 Å². The van der Waals surface area contributed by atoms with Crippen LogP contribution < -0.4 is 0 Å². The first-order valence-electron chi connectivity index (χ1n) is 5.54. The Morgan fingerprint density at radius 3 is 2.00 bits per heavy atom. The van der Waals surface area contributed by atoms with Gasteiger partial charge in [0, 0.05) is 5.57 Å². The van der Waals surface area contributed by atoms with Crippen molar-refractivity contribution in [3.63, 3.8) is 0 Å². The zero-order valence-corrected chi connectivity index (χ0v) is 9.59. The summed E-state index contributed by atoms with van der Waals surface area (Å²) in [5.41, 5.74) is 2.61.